The van der Waals surface area contributed by atoms with Crippen molar-refractivity contribution in [2.75, 3.05) is 9.80 Å². The molecule has 5 aliphatic rings. The van der Waals surface area contributed by atoms with Crippen molar-refractivity contribution in [3.05, 3.63) is 363 Å². The lowest BCUT2D eigenvalue weighted by atomic mass is 9.65. The second kappa shape index (κ2) is 37.3. The number of rotatable bonds is 40. The maximum atomic E-state index is 4.31. The van der Waals surface area contributed by atoms with Gasteiger partial charge in [0, 0.05) is 45.0 Å². The molecule has 0 atom stereocenters. The zero-order valence-electron chi connectivity index (χ0n) is 74.8. The van der Waals surface area contributed by atoms with Gasteiger partial charge in [0.25, 0.3) is 0 Å². The van der Waals surface area contributed by atoms with Crippen molar-refractivity contribution in [3.8, 4) is 66.8 Å². The molecule has 0 unspecified atom stereocenters. The van der Waals surface area contributed by atoms with Gasteiger partial charge >= 0.3 is 0 Å². The maximum Gasteiger partial charge on any atom is 0.0714 e. The first-order valence-electron chi connectivity index (χ1n) is 48.3. The number of anilines is 6. The Hall–Kier alpha value is -10.8. The highest BCUT2D eigenvalue weighted by molar-refractivity contribution is 5.93. The summed E-state index contributed by atoms with van der Waals surface area (Å²) in [6, 6.07) is 109. The van der Waals surface area contributed by atoms with E-state index in [9.17, 15) is 0 Å². The maximum absolute atomic E-state index is 4.31. The first-order chi connectivity index (χ1) is 60.5. The van der Waals surface area contributed by atoms with E-state index >= 15 is 0 Å². The van der Waals surface area contributed by atoms with E-state index in [1.807, 2.05) is 0 Å². The fourth-order valence-corrected chi connectivity index (χ4v) is 22.6. The van der Waals surface area contributed by atoms with E-state index in [1.165, 1.54) is 340 Å². The second-order valence-electron chi connectivity index (χ2n) is 37.5. The quantitative estimate of drug-likeness (QED) is 0.0353. The molecule has 0 radical (unpaired) electrons. The lowest BCUT2D eigenvalue weighted by molar-refractivity contribution is 0.398. The van der Waals surface area contributed by atoms with Crippen LogP contribution in [0.2, 0.25) is 0 Å². The topological polar surface area (TPSA) is 6.48 Å². The number of hydrogen-bond acceptors (Lipinski definition) is 2. The molecule has 0 aliphatic heterocycles. The van der Waals surface area contributed by atoms with Crippen molar-refractivity contribution in [2.24, 2.45) is 0 Å². The van der Waals surface area contributed by atoms with Crippen LogP contribution < -0.4 is 9.80 Å². The Balaban J connectivity index is 0.722. The van der Waals surface area contributed by atoms with Gasteiger partial charge in [-0.15, -0.1) is 0 Å². The molecule has 624 valence electrons. The number of benzene rings is 13. The molecule has 0 bridgehead atoms. The van der Waals surface area contributed by atoms with Gasteiger partial charge < -0.3 is 9.80 Å². The summed E-state index contributed by atoms with van der Waals surface area (Å²) in [6.07, 6.45) is 42.0. The Morgan fingerprint density at radius 3 is 0.902 bits per heavy atom. The Kier molecular flexibility index (Phi) is 25.2. The Labute approximate surface area is 738 Å². The van der Waals surface area contributed by atoms with Crippen molar-refractivity contribution in [2.45, 2.75) is 263 Å². The second-order valence-corrected chi connectivity index (χ2v) is 37.5. The summed E-state index contributed by atoms with van der Waals surface area (Å²) in [5.74, 6) is 0. The number of hydrogen-bond donors (Lipinski definition) is 0. The summed E-state index contributed by atoms with van der Waals surface area (Å²) >= 11 is 0. The first-order valence-corrected chi connectivity index (χ1v) is 48.3. The lowest BCUT2D eigenvalue weighted by Gasteiger charge is -2.37. The normalized spacial score (nSPS) is 14.1. The molecule has 0 spiro atoms. The average Bonchev–Trinajstić information content (AvgIpc) is 1.54. The van der Waals surface area contributed by atoms with Gasteiger partial charge in [-0.25, -0.2) is 0 Å². The molecule has 0 aromatic heterocycles. The Morgan fingerprint density at radius 2 is 0.545 bits per heavy atom. The van der Waals surface area contributed by atoms with E-state index in [1.54, 1.807) is 5.56 Å². The SMILES string of the molecule is C=Cc1ccc2c(c1)C(CCCCCCCC)(CCCCCCCC)c1cc(-c3ccc(N(c4ccc(C)cc4)c4ccc5c(c4)C(CCCCCCCC)(CCCCCCCC)c4cc(N(c6ccc(C)cc6)c6ccc(-c7ccc8c(c7)C(c7ccc9c(c7)CC9)(c7ccc9c(c7)CC9)c7cc(-c9ccccc9)ccc7-8)cc6)ccc4-5)cc3)ccc1-2. The molecule has 18 rings (SSSR count). The van der Waals surface area contributed by atoms with Crippen LogP contribution in [-0.4, -0.2) is 0 Å². The molecule has 0 heterocycles. The molecule has 0 saturated carbocycles. The van der Waals surface area contributed by atoms with Crippen LogP contribution >= 0.6 is 0 Å². The van der Waals surface area contributed by atoms with Crippen LogP contribution in [-0.2, 0) is 41.9 Å². The third kappa shape index (κ3) is 16.3. The van der Waals surface area contributed by atoms with Gasteiger partial charge in [0.05, 0.1) is 5.41 Å². The van der Waals surface area contributed by atoms with Gasteiger partial charge in [0.1, 0.15) is 0 Å². The van der Waals surface area contributed by atoms with Crippen LogP contribution in [0, 0.1) is 13.8 Å². The Morgan fingerprint density at radius 1 is 0.252 bits per heavy atom. The predicted octanol–water partition coefficient (Wildman–Crippen LogP) is 35.0. The van der Waals surface area contributed by atoms with Crippen molar-refractivity contribution in [1.82, 2.24) is 0 Å². The average molecular weight is 1610 g/mol. The molecule has 13 aromatic carbocycles. The summed E-state index contributed by atoms with van der Waals surface area (Å²) in [4.78, 5) is 5.14. The summed E-state index contributed by atoms with van der Waals surface area (Å²) in [6.45, 7) is 18.1. The minimum absolute atomic E-state index is 0.0314. The molecule has 2 nitrogen and oxygen atoms in total. The molecule has 0 N–H and O–H groups in total. The van der Waals surface area contributed by atoms with Gasteiger partial charge in [-0.05, 0) is 295 Å². The van der Waals surface area contributed by atoms with Crippen LogP contribution in [0.25, 0.3) is 72.8 Å². The number of unbranched alkanes of at least 4 members (excludes halogenated alkanes) is 20. The lowest BCUT2D eigenvalue weighted by Crippen LogP contribution is -2.30. The van der Waals surface area contributed by atoms with E-state index in [-0.39, 0.29) is 10.8 Å². The standard InChI is InChI=1S/C121H130N2/c1-8-13-17-21-25-32-74-119(75-33-26-22-18-14-9-2)113-78-88(12-5)42-68-107(113)108-69-53-96(81-114(108)119)92-49-62-103(63-50-92)122(101-58-38-86(6)39-59-101)105-66-72-109-110-73-67-106(85-116(110)120(115(109)84-105,76-34-27-23-19-15-10-3)77-35-28-24-20-16-11-4)123(102-60-40-87(7)41-61-102)104-64-51-93(52-65-104)98-55-71-112-111-70-54-97(89-36-30-29-31-37-89)82-117(111)121(118(112)83-98,99-56-47-90-43-45-94(90)79-99)100-57-48-91-44-46-95(91)80-100/h12,29-31,36-42,47-73,78-85H,5,8-11,13-28,32-35,43-46,74-77H2,1-4,6-7H3. The van der Waals surface area contributed by atoms with Crippen LogP contribution in [0.4, 0.5) is 34.1 Å². The highest BCUT2D eigenvalue weighted by Crippen LogP contribution is 2.62. The minimum atomic E-state index is -0.519. The van der Waals surface area contributed by atoms with Crippen molar-refractivity contribution < 1.29 is 0 Å². The number of nitrogens with zero attached hydrogens (tertiary/aromatic N) is 2. The number of aryl methyl sites for hydroxylation is 6. The van der Waals surface area contributed by atoms with Crippen molar-refractivity contribution in [3.63, 3.8) is 0 Å². The van der Waals surface area contributed by atoms with E-state index in [0.717, 1.165) is 44.2 Å². The minimum Gasteiger partial charge on any atom is -0.310 e. The monoisotopic (exact) mass is 1610 g/mol. The van der Waals surface area contributed by atoms with E-state index in [4.69, 9.17) is 0 Å². The summed E-state index contributed by atoms with van der Waals surface area (Å²) in [5.41, 5.74) is 43.5. The fraction of sp³-hybridized carbons (Fsp3) is 0.339. The highest BCUT2D eigenvalue weighted by atomic mass is 15.1. The zero-order chi connectivity index (χ0) is 83.9. The molecule has 123 heavy (non-hydrogen) atoms. The summed E-state index contributed by atoms with van der Waals surface area (Å²) in [7, 11) is 0. The highest BCUT2D eigenvalue weighted by Gasteiger charge is 2.49. The number of fused-ring (bicyclic) bond motifs is 11. The molecule has 0 fully saturated rings. The van der Waals surface area contributed by atoms with Gasteiger partial charge in [0.2, 0.25) is 0 Å². The van der Waals surface area contributed by atoms with E-state index < -0.39 is 5.41 Å². The van der Waals surface area contributed by atoms with Crippen molar-refractivity contribution in [1.29, 1.82) is 0 Å². The van der Waals surface area contributed by atoms with Crippen LogP contribution in [0.3, 0.4) is 0 Å². The van der Waals surface area contributed by atoms with Crippen LogP contribution in [0.1, 0.15) is 291 Å². The summed E-state index contributed by atoms with van der Waals surface area (Å²) in [5, 5.41) is 0. The van der Waals surface area contributed by atoms with E-state index in [0.29, 0.717) is 0 Å². The zero-order valence-corrected chi connectivity index (χ0v) is 74.8. The molecule has 13 aromatic rings. The summed E-state index contributed by atoms with van der Waals surface area (Å²) < 4.78 is 0. The molecule has 0 saturated heterocycles. The van der Waals surface area contributed by atoms with Crippen molar-refractivity contribution >= 4 is 40.2 Å². The molecule has 2 heteroatoms. The van der Waals surface area contributed by atoms with Gasteiger partial charge in [0.15, 0.2) is 0 Å². The molecule has 0 amide bonds. The fourth-order valence-electron chi connectivity index (χ4n) is 22.6. The van der Waals surface area contributed by atoms with Gasteiger partial charge in [-0.1, -0.05) is 388 Å². The molecule has 5 aliphatic carbocycles. The van der Waals surface area contributed by atoms with E-state index in [2.05, 4.69) is 337 Å². The smallest absolute Gasteiger partial charge is 0.0714 e. The third-order valence-electron chi connectivity index (χ3n) is 29.6. The first kappa shape index (κ1) is 83.1. The van der Waals surface area contributed by atoms with Gasteiger partial charge in [-0.2, -0.15) is 0 Å². The van der Waals surface area contributed by atoms with Crippen LogP contribution in [0.5, 0.6) is 0 Å². The largest absolute Gasteiger partial charge is 0.310 e. The molecular formula is C121H130N2. The van der Waals surface area contributed by atoms with Crippen LogP contribution in [0.15, 0.2) is 280 Å². The Bertz CT molecular complexity index is 5780. The third-order valence-corrected chi connectivity index (χ3v) is 29.6. The predicted molar refractivity (Wildman–Crippen MR) is 528 cm³/mol. The van der Waals surface area contributed by atoms with Gasteiger partial charge in [-0.3, -0.25) is 0 Å². The molecular weight excluding hydrogens is 1480 g/mol.